The fourth-order valence-electron chi connectivity index (χ4n) is 2.76. The van der Waals surface area contributed by atoms with E-state index in [4.69, 9.17) is 9.72 Å². The second-order valence-corrected chi connectivity index (χ2v) is 6.77. The zero-order valence-corrected chi connectivity index (χ0v) is 14.4. The summed E-state index contributed by atoms with van der Waals surface area (Å²) in [6, 6.07) is 7.75. The normalized spacial score (nSPS) is 11.5. The zero-order chi connectivity index (χ0) is 16.4. The maximum Gasteiger partial charge on any atom is 0.337 e. The molecule has 0 bridgehead atoms. The van der Waals surface area contributed by atoms with E-state index in [1.165, 1.54) is 17.2 Å². The van der Waals surface area contributed by atoms with Crippen LogP contribution in [0.3, 0.4) is 0 Å². The smallest absolute Gasteiger partial charge is 0.337 e. The molecule has 0 saturated carbocycles. The summed E-state index contributed by atoms with van der Waals surface area (Å²) in [5.74, 6) is -0.325. The van der Waals surface area contributed by atoms with E-state index in [2.05, 4.69) is 30.4 Å². The Morgan fingerprint density at radius 2 is 2.09 bits per heavy atom. The number of pyridine rings is 1. The van der Waals surface area contributed by atoms with Gasteiger partial charge in [-0.2, -0.15) is 0 Å². The molecule has 2 aromatic heterocycles. The van der Waals surface area contributed by atoms with Crippen LogP contribution in [0, 0.1) is 0 Å². The van der Waals surface area contributed by atoms with Crippen LogP contribution in [0.25, 0.3) is 21.0 Å². The van der Waals surface area contributed by atoms with Crippen molar-refractivity contribution in [2.45, 2.75) is 12.8 Å². The van der Waals surface area contributed by atoms with Crippen LogP contribution >= 0.6 is 11.3 Å². The molecule has 0 radical (unpaired) electrons. The Balaban J connectivity index is 2.06. The molecule has 3 rings (SSSR count). The summed E-state index contributed by atoms with van der Waals surface area (Å²) in [5.41, 5.74) is 2.52. The Labute approximate surface area is 139 Å². The van der Waals surface area contributed by atoms with Gasteiger partial charge in [-0.3, -0.25) is 4.98 Å². The Morgan fingerprint density at radius 3 is 2.83 bits per heavy atom. The van der Waals surface area contributed by atoms with Crippen LogP contribution in [0.15, 0.2) is 29.6 Å². The summed E-state index contributed by atoms with van der Waals surface area (Å²) in [6.45, 7) is 1.04. The van der Waals surface area contributed by atoms with Crippen LogP contribution in [-0.2, 0) is 11.2 Å². The molecule has 0 atom stereocenters. The van der Waals surface area contributed by atoms with Gasteiger partial charge in [-0.05, 0) is 57.1 Å². The molecular formula is C18H20N2O2S. The van der Waals surface area contributed by atoms with Crippen molar-refractivity contribution in [2.75, 3.05) is 27.7 Å². The van der Waals surface area contributed by atoms with E-state index in [1.54, 1.807) is 17.4 Å². The zero-order valence-electron chi connectivity index (χ0n) is 13.6. The minimum absolute atomic E-state index is 0.325. The van der Waals surface area contributed by atoms with E-state index in [0.717, 1.165) is 36.0 Å². The number of rotatable bonds is 5. The van der Waals surface area contributed by atoms with E-state index >= 15 is 0 Å². The van der Waals surface area contributed by atoms with Crippen molar-refractivity contribution in [1.29, 1.82) is 0 Å². The maximum absolute atomic E-state index is 11.7. The molecule has 0 aliphatic rings. The number of esters is 1. The van der Waals surface area contributed by atoms with Gasteiger partial charge < -0.3 is 9.64 Å². The Kier molecular flexibility index (Phi) is 4.59. The number of carbonyl (C=O) groups is 1. The minimum atomic E-state index is -0.325. The lowest BCUT2D eigenvalue weighted by molar-refractivity contribution is 0.0601. The molecule has 23 heavy (non-hydrogen) atoms. The van der Waals surface area contributed by atoms with Gasteiger partial charge in [0, 0.05) is 21.2 Å². The fourth-order valence-corrected chi connectivity index (χ4v) is 3.72. The highest BCUT2D eigenvalue weighted by molar-refractivity contribution is 7.18. The van der Waals surface area contributed by atoms with Crippen molar-refractivity contribution in [3.8, 4) is 0 Å². The summed E-state index contributed by atoms with van der Waals surface area (Å²) in [4.78, 5) is 18.8. The van der Waals surface area contributed by atoms with Crippen LogP contribution in [0.4, 0.5) is 0 Å². The average Bonchev–Trinajstić information content (AvgIpc) is 3.03. The molecule has 1 aromatic carbocycles. The molecule has 0 spiro atoms. The third-order valence-electron chi connectivity index (χ3n) is 3.91. The van der Waals surface area contributed by atoms with Crippen LogP contribution in [0.1, 0.15) is 22.5 Å². The lowest BCUT2D eigenvalue weighted by Gasteiger charge is -2.10. The number of hydrogen-bond acceptors (Lipinski definition) is 5. The molecule has 4 nitrogen and oxygen atoms in total. The van der Waals surface area contributed by atoms with Crippen LogP contribution < -0.4 is 0 Å². The summed E-state index contributed by atoms with van der Waals surface area (Å²) in [7, 11) is 5.56. The predicted molar refractivity (Wildman–Crippen MR) is 95.3 cm³/mol. The van der Waals surface area contributed by atoms with E-state index in [1.807, 2.05) is 12.1 Å². The number of ether oxygens (including phenoxy) is 1. The maximum atomic E-state index is 11.7. The van der Waals surface area contributed by atoms with Gasteiger partial charge in [0.15, 0.2) is 0 Å². The second-order valence-electron chi connectivity index (χ2n) is 5.85. The Morgan fingerprint density at radius 1 is 1.26 bits per heavy atom. The summed E-state index contributed by atoms with van der Waals surface area (Å²) < 4.78 is 6.05. The third kappa shape index (κ3) is 3.21. The first-order valence-corrected chi connectivity index (χ1v) is 8.51. The number of carbonyl (C=O) groups excluding carboxylic acids is 1. The van der Waals surface area contributed by atoms with Gasteiger partial charge in [0.25, 0.3) is 0 Å². The lowest BCUT2D eigenvalue weighted by Crippen LogP contribution is -2.13. The summed E-state index contributed by atoms with van der Waals surface area (Å²) in [6.07, 6.45) is 2.00. The van der Waals surface area contributed by atoms with E-state index in [-0.39, 0.29) is 5.97 Å². The highest BCUT2D eigenvalue weighted by Gasteiger charge is 2.12. The fraction of sp³-hybridized carbons (Fsp3) is 0.333. The number of aromatic nitrogens is 1. The molecule has 0 unspecified atom stereocenters. The predicted octanol–water partition coefficient (Wildman–Crippen LogP) is 3.73. The number of hydrogen-bond donors (Lipinski definition) is 0. The number of fused-ring (bicyclic) bond motifs is 3. The molecular weight excluding hydrogens is 308 g/mol. The summed E-state index contributed by atoms with van der Waals surface area (Å²) >= 11 is 1.72. The van der Waals surface area contributed by atoms with Gasteiger partial charge >= 0.3 is 5.97 Å². The van der Waals surface area contributed by atoms with Crippen molar-refractivity contribution in [3.63, 3.8) is 0 Å². The SMILES string of the molecule is COC(=O)c1ccc2c(c1)nc(CCCN(C)C)c1ccsc12. The second kappa shape index (κ2) is 6.64. The van der Waals surface area contributed by atoms with Crippen molar-refractivity contribution in [1.82, 2.24) is 9.88 Å². The van der Waals surface area contributed by atoms with E-state index in [9.17, 15) is 4.79 Å². The molecule has 0 fully saturated rings. The largest absolute Gasteiger partial charge is 0.465 e. The van der Waals surface area contributed by atoms with Crippen molar-refractivity contribution < 1.29 is 9.53 Å². The van der Waals surface area contributed by atoms with Crippen molar-refractivity contribution in [3.05, 3.63) is 40.9 Å². The standard InChI is InChI=1S/C18H20N2O2S/c1-20(2)9-4-5-15-14-8-10-23-17(14)13-7-6-12(18(21)22-3)11-16(13)19-15/h6-8,10-11H,4-5,9H2,1-3H3. The molecule has 0 aliphatic heterocycles. The molecule has 2 heterocycles. The van der Waals surface area contributed by atoms with Crippen LogP contribution in [-0.4, -0.2) is 43.6 Å². The number of methoxy groups -OCH3 is 1. The number of nitrogens with zero attached hydrogens (tertiary/aromatic N) is 2. The first kappa shape index (κ1) is 15.9. The Bertz CT molecular complexity index is 855. The van der Waals surface area contributed by atoms with Crippen molar-refractivity contribution in [2.24, 2.45) is 0 Å². The van der Waals surface area contributed by atoms with Crippen LogP contribution in [0.2, 0.25) is 0 Å². The molecule has 0 N–H and O–H groups in total. The van der Waals surface area contributed by atoms with E-state index < -0.39 is 0 Å². The molecule has 120 valence electrons. The Hall–Kier alpha value is -1.98. The highest BCUT2D eigenvalue weighted by Crippen LogP contribution is 2.32. The topological polar surface area (TPSA) is 42.4 Å². The monoisotopic (exact) mass is 328 g/mol. The number of benzene rings is 1. The third-order valence-corrected chi connectivity index (χ3v) is 4.86. The first-order valence-electron chi connectivity index (χ1n) is 7.63. The highest BCUT2D eigenvalue weighted by atomic mass is 32.1. The first-order chi connectivity index (χ1) is 11.1. The van der Waals surface area contributed by atoms with Gasteiger partial charge in [0.05, 0.1) is 18.2 Å². The van der Waals surface area contributed by atoms with Gasteiger partial charge in [-0.15, -0.1) is 11.3 Å². The summed E-state index contributed by atoms with van der Waals surface area (Å²) in [5, 5.41) is 4.43. The lowest BCUT2D eigenvalue weighted by atomic mass is 10.1. The molecule has 0 saturated heterocycles. The molecule has 0 aliphatic carbocycles. The van der Waals surface area contributed by atoms with Gasteiger partial charge in [0.1, 0.15) is 0 Å². The van der Waals surface area contributed by atoms with Crippen molar-refractivity contribution >= 4 is 38.3 Å². The van der Waals surface area contributed by atoms with Gasteiger partial charge in [0.2, 0.25) is 0 Å². The number of aryl methyl sites for hydroxylation is 1. The number of thiophene rings is 1. The van der Waals surface area contributed by atoms with Crippen LogP contribution in [0.5, 0.6) is 0 Å². The quantitative estimate of drug-likeness (QED) is 0.669. The molecule has 0 amide bonds. The average molecular weight is 328 g/mol. The molecule has 5 heteroatoms. The minimum Gasteiger partial charge on any atom is -0.465 e. The molecule has 3 aromatic rings. The van der Waals surface area contributed by atoms with E-state index in [0.29, 0.717) is 5.56 Å². The van der Waals surface area contributed by atoms with Gasteiger partial charge in [-0.25, -0.2) is 4.79 Å². The van der Waals surface area contributed by atoms with Gasteiger partial charge in [-0.1, -0.05) is 6.07 Å².